The van der Waals surface area contributed by atoms with Gasteiger partial charge in [0.1, 0.15) is 0 Å². The van der Waals surface area contributed by atoms with Crippen LogP contribution >= 0.6 is 11.8 Å². The Labute approximate surface area is 320 Å². The minimum absolute atomic E-state index is 0.0638. The number of anilines is 9. The van der Waals surface area contributed by atoms with Crippen LogP contribution in [0.5, 0.6) is 0 Å². The number of rotatable bonds is 3. The van der Waals surface area contributed by atoms with Crippen LogP contribution in [-0.2, 0) is 0 Å². The van der Waals surface area contributed by atoms with Gasteiger partial charge in [0.25, 0.3) is 6.71 Å². The Kier molecular flexibility index (Phi) is 6.46. The summed E-state index contributed by atoms with van der Waals surface area (Å²) in [5.74, 6) is 0. The van der Waals surface area contributed by atoms with Crippen molar-refractivity contribution >= 4 is 109 Å². The summed E-state index contributed by atoms with van der Waals surface area (Å²) < 4.78 is 0. The highest BCUT2D eigenvalue weighted by molar-refractivity contribution is 8.00. The van der Waals surface area contributed by atoms with Crippen LogP contribution in [0.3, 0.4) is 0 Å². The maximum atomic E-state index is 2.59. The summed E-state index contributed by atoms with van der Waals surface area (Å²) in [6.45, 7) is 0.171. The molecule has 8 aromatic rings. The van der Waals surface area contributed by atoms with Gasteiger partial charge in [-0.15, -0.1) is 0 Å². The molecule has 0 saturated heterocycles. The molecule has 250 valence electrons. The minimum atomic E-state index is 0.0638. The lowest BCUT2D eigenvalue weighted by molar-refractivity contribution is 1.24. The second-order valence-electron chi connectivity index (χ2n) is 14.4. The van der Waals surface area contributed by atoms with Crippen molar-refractivity contribution in [1.29, 1.82) is 0 Å². The number of nitrogens with zero attached hydrogens (tertiary/aromatic N) is 3. The summed E-state index contributed by atoms with van der Waals surface area (Å²) in [5.41, 5.74) is 19.1. The highest BCUT2D eigenvalue weighted by Gasteiger charge is 2.46. The van der Waals surface area contributed by atoms with Gasteiger partial charge < -0.3 is 14.7 Å². The van der Waals surface area contributed by atoms with Crippen LogP contribution in [0.4, 0.5) is 51.2 Å². The molecule has 6 heteroatoms. The molecule has 0 amide bonds. The van der Waals surface area contributed by atoms with E-state index >= 15 is 0 Å². The van der Waals surface area contributed by atoms with Crippen molar-refractivity contribution in [2.24, 2.45) is 0 Å². The molecule has 0 spiro atoms. The smallest absolute Gasteiger partial charge is 0.252 e. The topological polar surface area (TPSA) is 9.72 Å². The molecule has 0 atom stereocenters. The molecule has 0 aliphatic carbocycles. The van der Waals surface area contributed by atoms with Crippen LogP contribution in [0, 0.1) is 0 Å². The quantitative estimate of drug-likeness (QED) is 0.171. The summed E-state index contributed by atoms with van der Waals surface area (Å²) in [4.78, 5) is 10.1. The molecule has 0 fully saturated rings. The highest BCUT2D eigenvalue weighted by Crippen LogP contribution is 2.46. The molecule has 0 radical (unpaired) electrons. The fraction of sp³-hybridized carbons (Fsp3) is 0. The van der Waals surface area contributed by atoms with Crippen LogP contribution < -0.4 is 47.5 Å². The van der Waals surface area contributed by atoms with Gasteiger partial charge in [0.05, 0.1) is 0 Å². The van der Waals surface area contributed by atoms with E-state index in [-0.39, 0.29) is 13.4 Å². The summed E-state index contributed by atoms with van der Waals surface area (Å²) in [6, 6.07) is 69.5. The summed E-state index contributed by atoms with van der Waals surface area (Å²) in [7, 11) is 0. The molecule has 0 N–H and O–H groups in total. The van der Waals surface area contributed by atoms with Crippen molar-refractivity contribution in [3.8, 4) is 0 Å². The lowest BCUT2D eigenvalue weighted by Gasteiger charge is -2.45. The summed E-state index contributed by atoms with van der Waals surface area (Å²) in [5, 5.41) is 0. The Morgan fingerprint density at radius 3 is 1.28 bits per heavy atom. The lowest BCUT2D eigenvalue weighted by atomic mass is 9.31. The van der Waals surface area contributed by atoms with E-state index in [2.05, 4.69) is 203 Å². The van der Waals surface area contributed by atoms with Crippen LogP contribution in [-0.4, -0.2) is 13.4 Å². The first-order valence-corrected chi connectivity index (χ1v) is 19.5. The number of hydrogen-bond acceptors (Lipinski definition) is 4. The van der Waals surface area contributed by atoms with Crippen LogP contribution in [0.1, 0.15) is 0 Å². The molecular formula is C48H31B2N3S. The largest absolute Gasteiger partial charge is 0.311 e. The Hall–Kier alpha value is -6.36. The fourth-order valence-corrected chi connectivity index (χ4v) is 10.8. The number of hydrogen-bond donors (Lipinski definition) is 0. The molecule has 0 bridgehead atoms. The third-order valence-electron chi connectivity index (χ3n) is 11.7. The van der Waals surface area contributed by atoms with E-state index < -0.39 is 0 Å². The second-order valence-corrected chi connectivity index (χ2v) is 15.5. The van der Waals surface area contributed by atoms with Gasteiger partial charge in [-0.05, 0) is 106 Å². The third-order valence-corrected chi connectivity index (χ3v) is 12.8. The van der Waals surface area contributed by atoms with Crippen LogP contribution in [0.2, 0.25) is 0 Å². The Bertz CT molecular complexity index is 2790. The van der Waals surface area contributed by atoms with Gasteiger partial charge in [-0.2, -0.15) is 0 Å². The van der Waals surface area contributed by atoms with E-state index in [1.165, 1.54) is 93.8 Å². The molecule has 4 aliphatic heterocycles. The van der Waals surface area contributed by atoms with E-state index in [4.69, 9.17) is 0 Å². The minimum Gasteiger partial charge on any atom is -0.311 e. The van der Waals surface area contributed by atoms with E-state index in [0.717, 1.165) is 0 Å². The van der Waals surface area contributed by atoms with E-state index in [1.807, 2.05) is 11.8 Å². The van der Waals surface area contributed by atoms with Gasteiger partial charge in [-0.3, -0.25) is 0 Å². The molecule has 4 heterocycles. The molecule has 0 saturated carbocycles. The maximum Gasteiger partial charge on any atom is 0.252 e. The highest BCUT2D eigenvalue weighted by atomic mass is 32.2. The summed E-state index contributed by atoms with van der Waals surface area (Å²) in [6.07, 6.45) is 0. The zero-order valence-electron chi connectivity index (χ0n) is 29.3. The molecule has 8 aromatic carbocycles. The monoisotopic (exact) mass is 703 g/mol. The zero-order valence-corrected chi connectivity index (χ0v) is 30.1. The first kappa shape index (κ1) is 30.1. The first-order chi connectivity index (χ1) is 26.8. The Morgan fingerprint density at radius 2 is 0.722 bits per heavy atom. The van der Waals surface area contributed by atoms with Gasteiger partial charge >= 0.3 is 0 Å². The normalized spacial score (nSPS) is 14.0. The Balaban J connectivity index is 1.14. The number of para-hydroxylation sites is 5. The maximum absolute atomic E-state index is 2.59. The average molecular weight is 703 g/mol. The third kappa shape index (κ3) is 4.17. The predicted molar refractivity (Wildman–Crippen MR) is 230 cm³/mol. The van der Waals surface area contributed by atoms with Crippen molar-refractivity contribution in [1.82, 2.24) is 0 Å². The lowest BCUT2D eigenvalue weighted by Crippen LogP contribution is -2.64. The van der Waals surface area contributed by atoms with Crippen molar-refractivity contribution < 1.29 is 0 Å². The van der Waals surface area contributed by atoms with Crippen molar-refractivity contribution in [2.45, 2.75) is 9.79 Å². The van der Waals surface area contributed by atoms with E-state index in [0.29, 0.717) is 0 Å². The number of fused-ring (bicyclic) bond motifs is 8. The van der Waals surface area contributed by atoms with Gasteiger partial charge in [0.2, 0.25) is 6.71 Å². The molecule has 12 rings (SSSR count). The van der Waals surface area contributed by atoms with Gasteiger partial charge in [0, 0.05) is 61.0 Å². The van der Waals surface area contributed by atoms with Gasteiger partial charge in [-0.25, -0.2) is 0 Å². The fourth-order valence-electron chi connectivity index (χ4n) is 9.58. The molecule has 0 aromatic heterocycles. The van der Waals surface area contributed by atoms with E-state index in [9.17, 15) is 0 Å². The zero-order chi connectivity index (χ0) is 35.3. The van der Waals surface area contributed by atoms with Crippen molar-refractivity contribution in [2.75, 3.05) is 14.7 Å². The molecule has 54 heavy (non-hydrogen) atoms. The SMILES string of the molecule is c1ccc(N2c3ccccc3B3c4cc5c(cc4Sc4cccc2c43)N(c2ccccc2)c2cccc3c2B5c2ccccc2N3c2ccccc2)cc1. The van der Waals surface area contributed by atoms with Crippen molar-refractivity contribution in [3.05, 3.63) is 188 Å². The standard InChI is InChI=1S/C48H31B2N3S/c1-4-16-32(17-5-1)51-39-24-12-10-22-35(39)49-37-30-38-46(31-44(37)53(34-20-8-3-9-21-34)42-27-14-26-41(51)47(42)49)54-45-29-15-28-43-48(45)50(38)36-23-11-13-25-40(36)52(43)33-18-6-2-7-19-33/h1-31H. The van der Waals surface area contributed by atoms with Crippen LogP contribution in [0.15, 0.2) is 198 Å². The average Bonchev–Trinajstić information content (AvgIpc) is 3.24. The molecule has 0 unspecified atom stereocenters. The van der Waals surface area contributed by atoms with E-state index in [1.54, 1.807) is 0 Å². The second kappa shape index (κ2) is 11.6. The van der Waals surface area contributed by atoms with Crippen molar-refractivity contribution in [3.63, 3.8) is 0 Å². The first-order valence-electron chi connectivity index (χ1n) is 18.7. The predicted octanol–water partition coefficient (Wildman–Crippen LogP) is 8.53. The summed E-state index contributed by atoms with van der Waals surface area (Å²) >= 11 is 1.92. The molecular weight excluding hydrogens is 672 g/mol. The van der Waals surface area contributed by atoms with Crippen LogP contribution in [0.25, 0.3) is 0 Å². The Morgan fingerprint density at radius 1 is 0.296 bits per heavy atom. The molecule has 4 aliphatic rings. The van der Waals surface area contributed by atoms with Gasteiger partial charge in [-0.1, -0.05) is 126 Å². The van der Waals surface area contributed by atoms with Gasteiger partial charge in [0.15, 0.2) is 0 Å². The number of benzene rings is 8. The molecule has 3 nitrogen and oxygen atoms in total.